The van der Waals surface area contributed by atoms with Gasteiger partial charge in [0, 0.05) is 0 Å². The summed E-state index contributed by atoms with van der Waals surface area (Å²) in [5.41, 5.74) is 1.13. The summed E-state index contributed by atoms with van der Waals surface area (Å²) in [5, 5.41) is 0. The van der Waals surface area contributed by atoms with Crippen molar-refractivity contribution < 1.29 is 9.47 Å². The fraction of sp³-hybridized carbons (Fsp3) is 0.385. The molecule has 0 atom stereocenters. The third kappa shape index (κ3) is 3.31. The third-order valence-electron chi connectivity index (χ3n) is 2.08. The van der Waals surface area contributed by atoms with E-state index in [1.807, 2.05) is 18.2 Å². The zero-order chi connectivity index (χ0) is 11.3. The van der Waals surface area contributed by atoms with Gasteiger partial charge in [-0.2, -0.15) is 0 Å². The quantitative estimate of drug-likeness (QED) is 0.752. The summed E-state index contributed by atoms with van der Waals surface area (Å²) >= 11 is 0. The molecule has 0 N–H and O–H groups in total. The molecule has 0 amide bonds. The van der Waals surface area contributed by atoms with E-state index < -0.39 is 0 Å². The number of allylic oxidation sites excluding steroid dienone is 1. The molecule has 0 saturated carbocycles. The lowest BCUT2D eigenvalue weighted by Gasteiger charge is -2.07. The monoisotopic (exact) mass is 206 g/mol. The van der Waals surface area contributed by atoms with E-state index >= 15 is 0 Å². The minimum atomic E-state index is 0.554. The van der Waals surface area contributed by atoms with Crippen molar-refractivity contribution in [3.8, 4) is 11.5 Å². The molecule has 1 rings (SSSR count). The van der Waals surface area contributed by atoms with Gasteiger partial charge in [0.1, 0.15) is 0 Å². The second-order valence-electron chi connectivity index (χ2n) is 3.72. The molecule has 0 aliphatic carbocycles. The molecule has 0 saturated heterocycles. The molecule has 0 aromatic heterocycles. The van der Waals surface area contributed by atoms with Gasteiger partial charge in [0.05, 0.1) is 14.2 Å². The molecule has 0 unspecified atom stereocenters. The smallest absolute Gasteiger partial charge is 0.161 e. The first kappa shape index (κ1) is 11.6. The van der Waals surface area contributed by atoms with Crippen LogP contribution in [0.25, 0.3) is 6.08 Å². The van der Waals surface area contributed by atoms with E-state index in [2.05, 4.69) is 26.0 Å². The van der Waals surface area contributed by atoms with Crippen LogP contribution in [0.4, 0.5) is 0 Å². The molecule has 0 fully saturated rings. The van der Waals surface area contributed by atoms with Crippen molar-refractivity contribution >= 4 is 6.08 Å². The van der Waals surface area contributed by atoms with Crippen molar-refractivity contribution in [2.45, 2.75) is 13.8 Å². The number of ether oxygens (including phenoxy) is 2. The summed E-state index contributed by atoms with van der Waals surface area (Å²) in [4.78, 5) is 0. The lowest BCUT2D eigenvalue weighted by atomic mass is 10.1. The first-order chi connectivity index (χ1) is 7.17. The van der Waals surface area contributed by atoms with Crippen molar-refractivity contribution in [1.29, 1.82) is 0 Å². The van der Waals surface area contributed by atoms with Crippen molar-refractivity contribution in [3.63, 3.8) is 0 Å². The highest BCUT2D eigenvalue weighted by Crippen LogP contribution is 2.28. The molecule has 0 aliphatic rings. The average Bonchev–Trinajstić information content (AvgIpc) is 2.25. The highest BCUT2D eigenvalue weighted by molar-refractivity contribution is 5.55. The van der Waals surface area contributed by atoms with E-state index in [-0.39, 0.29) is 0 Å². The topological polar surface area (TPSA) is 18.5 Å². The number of hydrogen-bond donors (Lipinski definition) is 0. The molecule has 1 aromatic carbocycles. The molecule has 0 aliphatic heterocycles. The summed E-state index contributed by atoms with van der Waals surface area (Å²) in [6.07, 6.45) is 4.24. The zero-order valence-electron chi connectivity index (χ0n) is 9.78. The van der Waals surface area contributed by atoms with Gasteiger partial charge < -0.3 is 9.47 Å². The first-order valence-corrected chi connectivity index (χ1v) is 5.07. The van der Waals surface area contributed by atoms with Crippen LogP contribution in [0.5, 0.6) is 11.5 Å². The van der Waals surface area contributed by atoms with Gasteiger partial charge in [0.2, 0.25) is 0 Å². The number of rotatable bonds is 4. The Hall–Kier alpha value is -1.44. The molecular formula is C13H18O2. The van der Waals surface area contributed by atoms with Crippen LogP contribution in [-0.4, -0.2) is 14.2 Å². The van der Waals surface area contributed by atoms with E-state index in [9.17, 15) is 0 Å². The highest BCUT2D eigenvalue weighted by atomic mass is 16.5. The lowest BCUT2D eigenvalue weighted by molar-refractivity contribution is 0.355. The fourth-order valence-electron chi connectivity index (χ4n) is 1.26. The van der Waals surface area contributed by atoms with E-state index in [4.69, 9.17) is 9.47 Å². The first-order valence-electron chi connectivity index (χ1n) is 5.07. The Morgan fingerprint density at radius 1 is 1.07 bits per heavy atom. The molecule has 1 aromatic rings. The second kappa shape index (κ2) is 5.44. The second-order valence-corrected chi connectivity index (χ2v) is 3.72. The standard InChI is InChI=1S/C13H18O2/c1-10(2)5-6-11-7-8-12(14-3)13(9-11)15-4/h5-10H,1-4H3/b6-5+. The van der Waals surface area contributed by atoms with E-state index in [1.54, 1.807) is 14.2 Å². The number of methoxy groups -OCH3 is 2. The molecule has 15 heavy (non-hydrogen) atoms. The summed E-state index contributed by atoms with van der Waals surface area (Å²) in [6.45, 7) is 4.30. The van der Waals surface area contributed by atoms with E-state index in [0.717, 1.165) is 17.1 Å². The Morgan fingerprint density at radius 2 is 1.73 bits per heavy atom. The molecular weight excluding hydrogens is 188 g/mol. The van der Waals surface area contributed by atoms with Gasteiger partial charge in [-0.3, -0.25) is 0 Å². The Kier molecular flexibility index (Phi) is 4.22. The van der Waals surface area contributed by atoms with Crippen LogP contribution in [0.15, 0.2) is 24.3 Å². The largest absolute Gasteiger partial charge is 0.493 e. The maximum absolute atomic E-state index is 5.22. The molecule has 0 radical (unpaired) electrons. The van der Waals surface area contributed by atoms with Gasteiger partial charge in [-0.1, -0.05) is 32.1 Å². The van der Waals surface area contributed by atoms with Crippen molar-refractivity contribution in [2.24, 2.45) is 5.92 Å². The molecule has 82 valence electrons. The SMILES string of the molecule is COc1ccc(/C=C/C(C)C)cc1OC. The van der Waals surface area contributed by atoms with Gasteiger partial charge in [0.15, 0.2) is 11.5 Å². The Morgan fingerprint density at radius 3 is 2.27 bits per heavy atom. The molecule has 2 heteroatoms. The van der Waals surface area contributed by atoms with Crippen LogP contribution >= 0.6 is 0 Å². The van der Waals surface area contributed by atoms with Crippen LogP contribution in [0.1, 0.15) is 19.4 Å². The predicted octanol–water partition coefficient (Wildman–Crippen LogP) is 3.37. The van der Waals surface area contributed by atoms with Crippen molar-refractivity contribution in [1.82, 2.24) is 0 Å². The van der Waals surface area contributed by atoms with Gasteiger partial charge in [-0.05, 0) is 23.6 Å². The van der Waals surface area contributed by atoms with Crippen LogP contribution in [0, 0.1) is 5.92 Å². The fourth-order valence-corrected chi connectivity index (χ4v) is 1.26. The normalized spacial score (nSPS) is 11.0. The molecule has 0 spiro atoms. The molecule has 2 nitrogen and oxygen atoms in total. The number of benzene rings is 1. The third-order valence-corrected chi connectivity index (χ3v) is 2.08. The van der Waals surface area contributed by atoms with Gasteiger partial charge in [0.25, 0.3) is 0 Å². The Bertz CT molecular complexity index is 340. The van der Waals surface area contributed by atoms with Crippen LogP contribution in [0.2, 0.25) is 0 Å². The zero-order valence-corrected chi connectivity index (χ0v) is 9.78. The summed E-state index contributed by atoms with van der Waals surface area (Å²) in [5.74, 6) is 2.08. The maximum Gasteiger partial charge on any atom is 0.161 e. The van der Waals surface area contributed by atoms with E-state index in [0.29, 0.717) is 5.92 Å². The summed E-state index contributed by atoms with van der Waals surface area (Å²) < 4.78 is 10.4. The van der Waals surface area contributed by atoms with Gasteiger partial charge in [-0.25, -0.2) is 0 Å². The van der Waals surface area contributed by atoms with Gasteiger partial charge in [-0.15, -0.1) is 0 Å². The molecule has 0 heterocycles. The Labute approximate surface area is 91.5 Å². The van der Waals surface area contributed by atoms with Crippen LogP contribution < -0.4 is 9.47 Å². The lowest BCUT2D eigenvalue weighted by Crippen LogP contribution is -1.90. The minimum absolute atomic E-state index is 0.554. The maximum atomic E-state index is 5.22. The molecule has 0 bridgehead atoms. The number of hydrogen-bond acceptors (Lipinski definition) is 2. The highest BCUT2D eigenvalue weighted by Gasteiger charge is 2.02. The Balaban J connectivity index is 2.93. The predicted molar refractivity (Wildman–Crippen MR) is 63.4 cm³/mol. The van der Waals surface area contributed by atoms with Crippen LogP contribution in [-0.2, 0) is 0 Å². The summed E-state index contributed by atoms with van der Waals surface area (Å²) in [6, 6.07) is 5.90. The van der Waals surface area contributed by atoms with Crippen LogP contribution in [0.3, 0.4) is 0 Å². The van der Waals surface area contributed by atoms with Gasteiger partial charge >= 0.3 is 0 Å². The average molecular weight is 206 g/mol. The minimum Gasteiger partial charge on any atom is -0.493 e. The van der Waals surface area contributed by atoms with Crippen molar-refractivity contribution in [2.75, 3.05) is 14.2 Å². The van der Waals surface area contributed by atoms with E-state index in [1.165, 1.54) is 0 Å². The van der Waals surface area contributed by atoms with Crippen molar-refractivity contribution in [3.05, 3.63) is 29.8 Å². The summed E-state index contributed by atoms with van der Waals surface area (Å²) in [7, 11) is 3.29.